The highest BCUT2D eigenvalue weighted by Crippen LogP contribution is 2.39. The van der Waals surface area contributed by atoms with E-state index < -0.39 is 22.5 Å². The van der Waals surface area contributed by atoms with Crippen LogP contribution in [0.25, 0.3) is 21.8 Å². The molecule has 10 nitrogen and oxygen atoms in total. The van der Waals surface area contributed by atoms with E-state index in [0.717, 1.165) is 35.8 Å². The van der Waals surface area contributed by atoms with Gasteiger partial charge in [0.15, 0.2) is 5.82 Å². The van der Waals surface area contributed by atoms with E-state index in [9.17, 15) is 20.1 Å². The van der Waals surface area contributed by atoms with E-state index in [2.05, 4.69) is 35.9 Å². The molecular formula is C39H44ClFN6O4. The van der Waals surface area contributed by atoms with Crippen LogP contribution in [0.15, 0.2) is 27.8 Å². The first-order valence-corrected chi connectivity index (χ1v) is 18.0. The van der Waals surface area contributed by atoms with E-state index in [0.29, 0.717) is 73.3 Å². The number of piperidine rings is 2. The summed E-state index contributed by atoms with van der Waals surface area (Å²) >= 11 is 6.27. The summed E-state index contributed by atoms with van der Waals surface area (Å²) in [7, 11) is 1.72. The van der Waals surface area contributed by atoms with Crippen LogP contribution in [-0.4, -0.2) is 54.0 Å². The topological polar surface area (TPSA) is 127 Å². The lowest BCUT2D eigenvalue weighted by Gasteiger charge is -2.41. The molecule has 6 rings (SSSR count). The lowest BCUT2D eigenvalue weighted by Crippen LogP contribution is -2.46. The third-order valence-electron chi connectivity index (χ3n) is 11.2. The maximum absolute atomic E-state index is 15.4. The molecule has 2 fully saturated rings. The number of H-pyrrole nitrogens is 1. The van der Waals surface area contributed by atoms with Crippen LogP contribution in [0.1, 0.15) is 81.2 Å². The van der Waals surface area contributed by atoms with E-state index in [4.69, 9.17) is 21.1 Å². The van der Waals surface area contributed by atoms with Crippen molar-refractivity contribution in [3.8, 4) is 12.1 Å². The van der Waals surface area contributed by atoms with Crippen molar-refractivity contribution in [2.24, 2.45) is 0 Å². The summed E-state index contributed by atoms with van der Waals surface area (Å²) in [5, 5.41) is 21.6. The zero-order valence-corrected chi connectivity index (χ0v) is 30.9. The van der Waals surface area contributed by atoms with Gasteiger partial charge in [0.2, 0.25) is 0 Å². The summed E-state index contributed by atoms with van der Waals surface area (Å²) < 4.78 is 29.3. The molecular weight excluding hydrogens is 671 g/mol. The van der Waals surface area contributed by atoms with Crippen LogP contribution >= 0.6 is 11.6 Å². The van der Waals surface area contributed by atoms with E-state index in [1.165, 1.54) is 0 Å². The summed E-state index contributed by atoms with van der Waals surface area (Å²) in [5.41, 5.74) is 2.55. The molecule has 1 N–H and O–H groups in total. The van der Waals surface area contributed by atoms with Crippen LogP contribution in [0.4, 0.5) is 15.8 Å². The number of pyridine rings is 2. The van der Waals surface area contributed by atoms with Gasteiger partial charge in [-0.15, -0.1) is 0 Å². The molecule has 2 aromatic heterocycles. The number of anilines is 2. The normalized spacial score (nSPS) is 17.1. The summed E-state index contributed by atoms with van der Waals surface area (Å²) in [6.45, 7) is 12.2. The Morgan fingerprint density at radius 1 is 0.882 bits per heavy atom. The van der Waals surface area contributed by atoms with Crippen molar-refractivity contribution in [3.63, 3.8) is 0 Å². The van der Waals surface area contributed by atoms with Gasteiger partial charge in [-0.2, -0.15) is 10.5 Å². The van der Waals surface area contributed by atoms with Gasteiger partial charge >= 0.3 is 0 Å². The predicted octanol–water partition coefficient (Wildman–Crippen LogP) is 6.85. The summed E-state index contributed by atoms with van der Waals surface area (Å²) in [5.74, 6) is -0.713. The highest BCUT2D eigenvalue weighted by molar-refractivity contribution is 6.32. The third kappa shape index (κ3) is 6.37. The number of aryl methyl sites for hydroxylation is 3. The van der Waals surface area contributed by atoms with Crippen molar-refractivity contribution in [2.75, 3.05) is 43.1 Å². The first kappa shape index (κ1) is 36.4. The average Bonchev–Trinajstić information content (AvgIpc) is 3.12. The number of nitriles is 2. The average molecular weight is 715 g/mol. The molecule has 2 aromatic carbocycles. The maximum Gasteiger partial charge on any atom is 0.273 e. The van der Waals surface area contributed by atoms with Crippen molar-refractivity contribution in [1.82, 2.24) is 9.55 Å². The Morgan fingerprint density at radius 2 is 1.43 bits per heavy atom. The highest BCUT2D eigenvalue weighted by atomic mass is 35.5. The van der Waals surface area contributed by atoms with Gasteiger partial charge in [0.25, 0.3) is 11.1 Å². The van der Waals surface area contributed by atoms with Crippen LogP contribution in [0.3, 0.4) is 0 Å². The first-order valence-electron chi connectivity index (χ1n) is 17.6. The standard InChI is InChI=1S/C39H44ClFN6O4/c1-7-24-18-26-30(17-23(24)3)47(37(49)29(21-43)34(26)45-13-9-38(4,50-6)10-14-45)22-51-39(5)11-15-46(16-12-39)35-27-19-25(8-2)31(40)32(41)33(27)44-36(48)28(35)20-42/h17-19H,7-16,22H2,1-6H3,(H,44,48). The number of hydrogen-bond acceptors (Lipinski definition) is 8. The molecule has 2 aliphatic heterocycles. The molecule has 268 valence electrons. The molecule has 0 bridgehead atoms. The second-order valence-electron chi connectivity index (χ2n) is 14.3. The van der Waals surface area contributed by atoms with Gasteiger partial charge in [0.05, 0.1) is 38.6 Å². The number of aromatic amines is 1. The Bertz CT molecular complexity index is 2230. The number of nitrogens with zero attached hydrogens (tertiary/aromatic N) is 5. The number of halogens is 2. The molecule has 0 spiro atoms. The molecule has 0 saturated carbocycles. The molecule has 0 atom stereocenters. The van der Waals surface area contributed by atoms with Crippen molar-refractivity contribution in [1.29, 1.82) is 10.5 Å². The molecule has 0 unspecified atom stereocenters. The van der Waals surface area contributed by atoms with Gasteiger partial charge in [-0.3, -0.25) is 14.2 Å². The van der Waals surface area contributed by atoms with Crippen LogP contribution in [0, 0.1) is 35.4 Å². The molecule has 2 saturated heterocycles. The van der Waals surface area contributed by atoms with Crippen LogP contribution in [0.2, 0.25) is 5.02 Å². The molecule has 0 amide bonds. The number of methoxy groups -OCH3 is 1. The zero-order chi connectivity index (χ0) is 36.8. The molecule has 0 radical (unpaired) electrons. The molecule has 0 aliphatic carbocycles. The van der Waals surface area contributed by atoms with Crippen LogP contribution in [0.5, 0.6) is 0 Å². The minimum Gasteiger partial charge on any atom is -0.378 e. The monoisotopic (exact) mass is 714 g/mol. The fourth-order valence-corrected chi connectivity index (χ4v) is 7.92. The maximum atomic E-state index is 15.4. The quantitative estimate of drug-likeness (QED) is 0.210. The van der Waals surface area contributed by atoms with Crippen LogP contribution in [-0.2, 0) is 29.0 Å². The van der Waals surface area contributed by atoms with Gasteiger partial charge in [0.1, 0.15) is 30.0 Å². The summed E-state index contributed by atoms with van der Waals surface area (Å²) in [6, 6.07) is 10.1. The highest BCUT2D eigenvalue weighted by Gasteiger charge is 2.35. The van der Waals surface area contributed by atoms with Crippen LogP contribution < -0.4 is 20.9 Å². The SMILES string of the molecule is CCc1cc2c(N3CCC(C)(OC)CC3)c(C#N)c(=O)n(COC3(C)CCN(c4c(C#N)c(=O)[nH]c5c(F)c(Cl)c(CC)cc45)CC3)c2cc1C. The molecule has 2 aliphatic rings. The van der Waals surface area contributed by atoms with Gasteiger partial charge in [-0.1, -0.05) is 25.4 Å². The van der Waals surface area contributed by atoms with Crippen molar-refractivity contribution in [3.05, 3.63) is 77.6 Å². The largest absolute Gasteiger partial charge is 0.378 e. The fraction of sp³-hybridized carbons (Fsp3) is 0.487. The molecule has 12 heteroatoms. The van der Waals surface area contributed by atoms with Crippen molar-refractivity contribution in [2.45, 2.75) is 91.1 Å². The van der Waals surface area contributed by atoms with E-state index in [1.54, 1.807) is 17.7 Å². The van der Waals surface area contributed by atoms with Gasteiger partial charge in [-0.25, -0.2) is 4.39 Å². The smallest absolute Gasteiger partial charge is 0.273 e. The second kappa shape index (κ2) is 14.0. The Balaban J connectivity index is 1.33. The summed E-state index contributed by atoms with van der Waals surface area (Å²) in [6.07, 6.45) is 3.84. The Morgan fingerprint density at radius 3 is 1.98 bits per heavy atom. The van der Waals surface area contributed by atoms with Crippen molar-refractivity contribution >= 4 is 44.8 Å². The number of hydrogen-bond donors (Lipinski definition) is 1. The fourth-order valence-electron chi connectivity index (χ4n) is 7.64. The predicted molar refractivity (Wildman–Crippen MR) is 198 cm³/mol. The van der Waals surface area contributed by atoms with Crippen molar-refractivity contribution < 1.29 is 13.9 Å². The van der Waals surface area contributed by atoms with Gasteiger partial charge < -0.3 is 24.3 Å². The third-order valence-corrected chi connectivity index (χ3v) is 11.6. The lowest BCUT2D eigenvalue weighted by molar-refractivity contribution is -0.0814. The molecule has 4 aromatic rings. The molecule has 4 heterocycles. The Kier molecular flexibility index (Phi) is 9.95. The first-order chi connectivity index (χ1) is 24.3. The number of fused-ring (bicyclic) bond motifs is 2. The van der Waals surface area contributed by atoms with Gasteiger partial charge in [0, 0.05) is 44.1 Å². The molecule has 51 heavy (non-hydrogen) atoms. The zero-order valence-electron chi connectivity index (χ0n) is 30.1. The minimum atomic E-state index is -0.713. The minimum absolute atomic E-state index is 0.0254. The lowest BCUT2D eigenvalue weighted by atomic mass is 9.91. The van der Waals surface area contributed by atoms with E-state index in [-0.39, 0.29) is 34.0 Å². The summed E-state index contributed by atoms with van der Waals surface area (Å²) in [4.78, 5) is 33.7. The number of rotatable bonds is 8. The Hall–Kier alpha value is -4.42. The number of benzene rings is 2. The second-order valence-corrected chi connectivity index (χ2v) is 14.7. The van der Waals surface area contributed by atoms with E-state index in [1.807, 2.05) is 37.8 Å². The number of ether oxygens (including phenoxy) is 2. The van der Waals surface area contributed by atoms with Gasteiger partial charge in [-0.05, 0) is 94.2 Å². The number of nitrogens with one attached hydrogen (secondary N) is 1. The number of aromatic nitrogens is 2. The van der Waals surface area contributed by atoms with E-state index >= 15 is 4.39 Å². The Labute approximate surface area is 301 Å².